The predicted octanol–water partition coefficient (Wildman–Crippen LogP) is 2.69. The van der Waals surface area contributed by atoms with E-state index in [0.717, 1.165) is 0 Å². The summed E-state index contributed by atoms with van der Waals surface area (Å²) in [5.41, 5.74) is 0.641. The molecule has 2 rings (SSSR count). The van der Waals surface area contributed by atoms with Crippen LogP contribution in [0.1, 0.15) is 10.4 Å². The molecule has 0 saturated heterocycles. The monoisotopic (exact) mass is 260 g/mol. The summed E-state index contributed by atoms with van der Waals surface area (Å²) in [5.74, 6) is -1.09. The summed E-state index contributed by atoms with van der Waals surface area (Å²) in [6.45, 7) is 0. The van der Waals surface area contributed by atoms with Crippen molar-refractivity contribution >= 4 is 29.2 Å². The highest BCUT2D eigenvalue weighted by Crippen LogP contribution is 2.34. The van der Waals surface area contributed by atoms with Crippen LogP contribution >= 0.6 is 23.2 Å². The Bertz CT molecular complexity index is 559. The summed E-state index contributed by atoms with van der Waals surface area (Å²) in [6.07, 6.45) is 1.38. The van der Waals surface area contributed by atoms with Crippen LogP contribution in [0.4, 0.5) is 0 Å². The van der Waals surface area contributed by atoms with Crippen LogP contribution in [0.2, 0.25) is 10.4 Å². The van der Waals surface area contributed by atoms with Crippen molar-refractivity contribution in [3.05, 3.63) is 28.3 Å². The number of carboxylic acids is 1. The molecule has 0 spiro atoms. The van der Waals surface area contributed by atoms with Gasteiger partial charge in [-0.15, -0.1) is 0 Å². The van der Waals surface area contributed by atoms with Gasteiger partial charge in [0.05, 0.1) is 5.56 Å². The van der Waals surface area contributed by atoms with Gasteiger partial charge in [-0.05, 0) is 23.2 Å². The lowest BCUT2D eigenvalue weighted by molar-refractivity contribution is 0.0697. The number of nitrogens with zero attached hydrogens (tertiary/aromatic N) is 2. The first-order chi connectivity index (χ1) is 7.49. The number of carbonyl (C=O) groups is 1. The van der Waals surface area contributed by atoms with Gasteiger partial charge in [0.1, 0.15) is 11.3 Å². The second-order valence-electron chi connectivity index (χ2n) is 3.11. The maximum absolute atomic E-state index is 11.0. The third kappa shape index (κ3) is 1.79. The minimum Gasteiger partial charge on any atom is -0.478 e. The first-order valence-electron chi connectivity index (χ1n) is 4.21. The molecule has 16 heavy (non-hydrogen) atoms. The second kappa shape index (κ2) is 3.84. The van der Waals surface area contributed by atoms with Crippen molar-refractivity contribution in [2.24, 2.45) is 7.05 Å². The average molecular weight is 261 g/mol. The summed E-state index contributed by atoms with van der Waals surface area (Å²) in [4.78, 5) is 11.0. The third-order valence-corrected chi connectivity index (χ3v) is 2.44. The fraction of sp³-hybridized carbons (Fsp3) is 0.111. The van der Waals surface area contributed by atoms with Crippen LogP contribution in [0.25, 0.3) is 11.3 Å². The third-order valence-electron chi connectivity index (χ3n) is 1.97. The highest BCUT2D eigenvalue weighted by Gasteiger charge is 2.21. The Balaban J connectivity index is 2.63. The number of hydrogen-bond acceptors (Lipinski definition) is 3. The Morgan fingerprint density at radius 3 is 2.75 bits per heavy atom. The summed E-state index contributed by atoms with van der Waals surface area (Å²) < 4.78 is 6.29. The fourth-order valence-corrected chi connectivity index (χ4v) is 1.80. The molecule has 84 valence electrons. The largest absolute Gasteiger partial charge is 0.478 e. The van der Waals surface area contributed by atoms with E-state index in [4.69, 9.17) is 32.7 Å². The Morgan fingerprint density at radius 1 is 1.56 bits per heavy atom. The summed E-state index contributed by atoms with van der Waals surface area (Å²) >= 11 is 11.4. The van der Waals surface area contributed by atoms with Crippen molar-refractivity contribution < 1.29 is 14.3 Å². The van der Waals surface area contributed by atoms with E-state index in [2.05, 4.69) is 5.10 Å². The summed E-state index contributed by atoms with van der Waals surface area (Å²) in [7, 11) is 1.62. The van der Waals surface area contributed by atoms with E-state index >= 15 is 0 Å². The molecule has 2 heterocycles. The van der Waals surface area contributed by atoms with Crippen molar-refractivity contribution in [2.45, 2.75) is 0 Å². The maximum atomic E-state index is 11.0. The number of rotatable bonds is 2. The van der Waals surface area contributed by atoms with Gasteiger partial charge < -0.3 is 9.52 Å². The summed E-state index contributed by atoms with van der Waals surface area (Å²) in [6, 6.07) is 1.43. The van der Waals surface area contributed by atoms with Crippen molar-refractivity contribution in [2.75, 3.05) is 0 Å². The topological polar surface area (TPSA) is 68.3 Å². The first kappa shape index (κ1) is 11.0. The lowest BCUT2D eigenvalue weighted by Crippen LogP contribution is -1.96. The number of furan rings is 1. The Kier molecular flexibility index (Phi) is 2.65. The molecule has 0 aliphatic heterocycles. The number of aryl methyl sites for hydroxylation is 1. The van der Waals surface area contributed by atoms with Gasteiger partial charge in [-0.3, -0.25) is 4.68 Å². The molecular formula is C9H6Cl2N2O3. The van der Waals surface area contributed by atoms with Crippen molar-refractivity contribution in [1.82, 2.24) is 9.78 Å². The normalized spacial score (nSPS) is 10.7. The van der Waals surface area contributed by atoms with E-state index in [1.165, 1.54) is 16.9 Å². The van der Waals surface area contributed by atoms with Gasteiger partial charge in [-0.1, -0.05) is 0 Å². The molecule has 0 bridgehead atoms. The van der Waals surface area contributed by atoms with Gasteiger partial charge in [0.15, 0.2) is 5.22 Å². The minimum atomic E-state index is -1.09. The fourth-order valence-electron chi connectivity index (χ4n) is 1.35. The molecule has 1 N–H and O–H groups in total. The molecule has 2 aromatic rings. The van der Waals surface area contributed by atoms with Gasteiger partial charge in [-0.2, -0.15) is 5.10 Å². The van der Waals surface area contributed by atoms with E-state index in [-0.39, 0.29) is 21.7 Å². The molecule has 0 saturated carbocycles. The molecule has 0 aliphatic rings. The van der Waals surface area contributed by atoms with Crippen LogP contribution in [0.3, 0.4) is 0 Å². The zero-order chi connectivity index (χ0) is 11.9. The van der Waals surface area contributed by atoms with Crippen molar-refractivity contribution in [3.63, 3.8) is 0 Å². The molecule has 0 amide bonds. The number of halogens is 2. The van der Waals surface area contributed by atoms with E-state index in [0.29, 0.717) is 5.56 Å². The van der Waals surface area contributed by atoms with Crippen LogP contribution in [-0.2, 0) is 7.05 Å². The lowest BCUT2D eigenvalue weighted by atomic mass is 10.1. The van der Waals surface area contributed by atoms with Crippen LogP contribution in [0.15, 0.2) is 16.7 Å². The number of aromatic nitrogens is 2. The molecule has 2 aromatic heterocycles. The molecule has 0 aliphatic carbocycles. The Hall–Kier alpha value is -1.46. The van der Waals surface area contributed by atoms with Crippen molar-refractivity contribution in [3.8, 4) is 11.3 Å². The summed E-state index contributed by atoms with van der Waals surface area (Å²) in [5, 5.41) is 13.1. The van der Waals surface area contributed by atoms with Crippen LogP contribution in [0, 0.1) is 0 Å². The van der Waals surface area contributed by atoms with Gasteiger partial charge in [0, 0.05) is 19.3 Å². The van der Waals surface area contributed by atoms with E-state index in [9.17, 15) is 4.79 Å². The van der Waals surface area contributed by atoms with Crippen molar-refractivity contribution in [1.29, 1.82) is 0 Å². The quantitative estimate of drug-likeness (QED) is 0.902. The number of hydrogen-bond donors (Lipinski definition) is 1. The maximum Gasteiger partial charge on any atom is 0.339 e. The van der Waals surface area contributed by atoms with E-state index in [1.807, 2.05) is 0 Å². The molecule has 0 radical (unpaired) electrons. The standard InChI is InChI=1S/C9H6Cl2N2O3/c1-13-3-5(9(14)15)7(12-13)4-2-6(10)16-8(4)11/h2-3H,1H3,(H,14,15). The molecule has 0 fully saturated rings. The van der Waals surface area contributed by atoms with Crippen LogP contribution in [0.5, 0.6) is 0 Å². The number of aromatic carboxylic acids is 1. The predicted molar refractivity (Wildman–Crippen MR) is 57.9 cm³/mol. The smallest absolute Gasteiger partial charge is 0.339 e. The first-order valence-corrected chi connectivity index (χ1v) is 4.96. The average Bonchev–Trinajstić information content (AvgIpc) is 2.69. The molecule has 0 unspecified atom stereocenters. The molecule has 5 nitrogen and oxygen atoms in total. The van der Waals surface area contributed by atoms with Crippen LogP contribution in [-0.4, -0.2) is 20.9 Å². The highest BCUT2D eigenvalue weighted by molar-refractivity contribution is 6.34. The Labute approximate surface area is 100 Å². The van der Waals surface area contributed by atoms with Gasteiger partial charge in [-0.25, -0.2) is 4.79 Å². The highest BCUT2D eigenvalue weighted by atomic mass is 35.5. The lowest BCUT2D eigenvalue weighted by Gasteiger charge is -1.93. The van der Waals surface area contributed by atoms with Gasteiger partial charge in [0.25, 0.3) is 0 Å². The molecule has 7 heteroatoms. The van der Waals surface area contributed by atoms with Gasteiger partial charge >= 0.3 is 5.97 Å². The van der Waals surface area contributed by atoms with Gasteiger partial charge in [0.2, 0.25) is 5.22 Å². The Morgan fingerprint density at radius 2 is 2.25 bits per heavy atom. The molecule has 0 aromatic carbocycles. The van der Waals surface area contributed by atoms with E-state index in [1.54, 1.807) is 7.05 Å². The molecule has 0 atom stereocenters. The van der Waals surface area contributed by atoms with Crippen LogP contribution < -0.4 is 0 Å². The zero-order valence-electron chi connectivity index (χ0n) is 8.07. The SMILES string of the molecule is Cn1cc(C(=O)O)c(-c2cc(Cl)oc2Cl)n1. The molecular weight excluding hydrogens is 255 g/mol. The number of carboxylic acid groups (broad SMARTS) is 1. The zero-order valence-corrected chi connectivity index (χ0v) is 9.58. The minimum absolute atomic E-state index is 0.0196. The second-order valence-corrected chi connectivity index (χ2v) is 3.82. The van der Waals surface area contributed by atoms with E-state index < -0.39 is 5.97 Å².